The molecule has 2 heterocycles. The molecule has 1 saturated heterocycles. The second-order valence-electron chi connectivity index (χ2n) is 7.19. The maximum absolute atomic E-state index is 14.7. The molecule has 0 radical (unpaired) electrons. The van der Waals surface area contributed by atoms with Gasteiger partial charge in [-0.05, 0) is 29.5 Å². The molecule has 0 aliphatic carbocycles. The minimum absolute atomic E-state index is 0.165. The summed E-state index contributed by atoms with van der Waals surface area (Å²) in [5, 5.41) is 20.1. The first kappa shape index (κ1) is 19.4. The van der Waals surface area contributed by atoms with Crippen LogP contribution in [-0.4, -0.2) is 64.2 Å². The van der Waals surface area contributed by atoms with Crippen molar-refractivity contribution in [2.24, 2.45) is 4.99 Å². The van der Waals surface area contributed by atoms with Crippen LogP contribution in [0.25, 0.3) is 0 Å². The van der Waals surface area contributed by atoms with Gasteiger partial charge >= 0.3 is 0 Å². The number of amidine groups is 1. The van der Waals surface area contributed by atoms with Crippen LogP contribution in [0.15, 0.2) is 35.0 Å². The third kappa shape index (κ3) is 3.69. The van der Waals surface area contributed by atoms with Crippen LogP contribution in [0, 0.1) is 5.82 Å². The minimum atomic E-state index is -1.41. The standard InChI is InChI=1S/C20H26FN3O3/c1-4-13-6-5-7-14(18(13)21)12(2)10-17-22-19(26)16(25)11-15-20(27)23(3)8-9-24(15)17/h5-7,11-12,15,19,25-26H,4,8-10H2,1-3H3. The monoisotopic (exact) mass is 375 g/mol. The summed E-state index contributed by atoms with van der Waals surface area (Å²) in [4.78, 5) is 20.2. The normalized spacial score (nSPS) is 24.1. The van der Waals surface area contributed by atoms with Crippen molar-refractivity contribution in [1.29, 1.82) is 0 Å². The van der Waals surface area contributed by atoms with Gasteiger partial charge in [0.15, 0.2) is 0 Å². The quantitative estimate of drug-likeness (QED) is 0.846. The molecule has 1 fully saturated rings. The Labute approximate surface area is 158 Å². The van der Waals surface area contributed by atoms with E-state index in [9.17, 15) is 19.4 Å². The Morgan fingerprint density at radius 2 is 2.11 bits per heavy atom. The van der Waals surface area contributed by atoms with E-state index in [1.807, 2.05) is 19.9 Å². The molecular formula is C20H26FN3O3. The second-order valence-corrected chi connectivity index (χ2v) is 7.19. The van der Waals surface area contributed by atoms with Gasteiger partial charge in [-0.1, -0.05) is 32.0 Å². The average Bonchev–Trinajstić information content (AvgIpc) is 2.76. The lowest BCUT2D eigenvalue weighted by Gasteiger charge is -2.39. The van der Waals surface area contributed by atoms with Crippen molar-refractivity contribution in [2.75, 3.05) is 20.1 Å². The van der Waals surface area contributed by atoms with Gasteiger partial charge in [0.2, 0.25) is 12.1 Å². The lowest BCUT2D eigenvalue weighted by Crippen LogP contribution is -2.56. The van der Waals surface area contributed by atoms with Gasteiger partial charge < -0.3 is 20.0 Å². The molecule has 1 aromatic carbocycles. The average molecular weight is 375 g/mol. The number of fused-ring (bicyclic) bond motifs is 1. The highest BCUT2D eigenvalue weighted by atomic mass is 19.1. The molecule has 0 bridgehead atoms. The molecule has 6 nitrogen and oxygen atoms in total. The summed E-state index contributed by atoms with van der Waals surface area (Å²) in [5.41, 5.74) is 1.25. The van der Waals surface area contributed by atoms with Crippen molar-refractivity contribution in [3.8, 4) is 0 Å². The third-order valence-corrected chi connectivity index (χ3v) is 5.35. The van der Waals surface area contributed by atoms with E-state index in [0.717, 1.165) is 0 Å². The number of carbonyl (C=O) groups excluding carboxylic acids is 1. The van der Waals surface area contributed by atoms with Crippen LogP contribution in [0.2, 0.25) is 0 Å². The molecule has 0 aromatic heterocycles. The fraction of sp³-hybridized carbons (Fsp3) is 0.500. The molecule has 2 aliphatic heterocycles. The molecule has 7 heteroatoms. The van der Waals surface area contributed by atoms with Gasteiger partial charge in [0.25, 0.3) is 0 Å². The number of nitrogens with zero attached hydrogens (tertiary/aromatic N) is 3. The number of benzene rings is 1. The summed E-state index contributed by atoms with van der Waals surface area (Å²) < 4.78 is 14.7. The van der Waals surface area contributed by atoms with Crippen LogP contribution in [0.3, 0.4) is 0 Å². The van der Waals surface area contributed by atoms with Crippen LogP contribution in [-0.2, 0) is 11.2 Å². The SMILES string of the molecule is CCc1cccc(C(C)CC2=NC(O)C(O)=CC3C(=O)N(C)CCN23)c1F. The number of rotatable bonds is 4. The van der Waals surface area contributed by atoms with Crippen molar-refractivity contribution < 1.29 is 19.4 Å². The number of amides is 1. The highest BCUT2D eigenvalue weighted by Crippen LogP contribution is 2.28. The summed E-state index contributed by atoms with van der Waals surface area (Å²) in [5.74, 6) is -0.410. The molecule has 27 heavy (non-hydrogen) atoms. The third-order valence-electron chi connectivity index (χ3n) is 5.35. The molecule has 2 aliphatic rings. The van der Waals surface area contributed by atoms with E-state index in [4.69, 9.17) is 0 Å². The summed E-state index contributed by atoms with van der Waals surface area (Å²) in [7, 11) is 1.71. The first-order chi connectivity index (χ1) is 12.8. The zero-order valence-electron chi connectivity index (χ0n) is 15.9. The molecule has 2 N–H and O–H groups in total. The maximum atomic E-state index is 14.7. The highest BCUT2D eigenvalue weighted by Gasteiger charge is 2.37. The predicted molar refractivity (Wildman–Crippen MR) is 101 cm³/mol. The van der Waals surface area contributed by atoms with Crippen LogP contribution >= 0.6 is 0 Å². The number of hydrogen-bond donors (Lipinski definition) is 2. The lowest BCUT2D eigenvalue weighted by molar-refractivity contribution is -0.135. The summed E-state index contributed by atoms with van der Waals surface area (Å²) in [6.45, 7) is 4.87. The topological polar surface area (TPSA) is 76.4 Å². The van der Waals surface area contributed by atoms with E-state index in [-0.39, 0.29) is 23.4 Å². The molecule has 0 spiro atoms. The molecule has 146 valence electrons. The largest absolute Gasteiger partial charge is 0.508 e. The zero-order chi connectivity index (χ0) is 19.7. The predicted octanol–water partition coefficient (Wildman–Crippen LogP) is 2.20. The van der Waals surface area contributed by atoms with Crippen molar-refractivity contribution in [3.63, 3.8) is 0 Å². The van der Waals surface area contributed by atoms with Crippen LogP contribution < -0.4 is 0 Å². The van der Waals surface area contributed by atoms with Gasteiger partial charge in [0.05, 0.1) is 0 Å². The Kier molecular flexibility index (Phi) is 5.51. The van der Waals surface area contributed by atoms with Crippen LogP contribution in [0.5, 0.6) is 0 Å². The molecule has 3 unspecified atom stereocenters. The van der Waals surface area contributed by atoms with E-state index in [1.165, 1.54) is 6.08 Å². The minimum Gasteiger partial charge on any atom is -0.508 e. The number of aryl methyl sites for hydroxylation is 1. The summed E-state index contributed by atoms with van der Waals surface area (Å²) in [6, 6.07) is 4.66. The van der Waals surface area contributed by atoms with Crippen molar-refractivity contribution in [2.45, 2.75) is 44.9 Å². The number of aliphatic imine (C=N–C) groups is 1. The van der Waals surface area contributed by atoms with Gasteiger partial charge in [0.1, 0.15) is 23.5 Å². The molecule has 0 saturated carbocycles. The van der Waals surface area contributed by atoms with Crippen LogP contribution in [0.4, 0.5) is 4.39 Å². The summed E-state index contributed by atoms with van der Waals surface area (Å²) in [6.07, 6.45) is 0.902. The number of piperazine rings is 1. The van der Waals surface area contributed by atoms with Gasteiger partial charge in [0, 0.05) is 26.6 Å². The Balaban J connectivity index is 1.91. The fourth-order valence-corrected chi connectivity index (χ4v) is 3.65. The van der Waals surface area contributed by atoms with E-state index in [0.29, 0.717) is 42.9 Å². The van der Waals surface area contributed by atoms with E-state index >= 15 is 0 Å². The first-order valence-electron chi connectivity index (χ1n) is 9.27. The Morgan fingerprint density at radius 1 is 1.37 bits per heavy atom. The molecule has 3 atom stereocenters. The number of hydrogen-bond acceptors (Lipinski definition) is 5. The number of aliphatic hydroxyl groups excluding tert-OH is 2. The second kappa shape index (κ2) is 7.68. The Bertz CT molecular complexity index is 793. The number of likely N-dealkylation sites (N-methyl/N-ethyl adjacent to an activating group) is 1. The molecule has 3 rings (SSSR count). The first-order valence-corrected chi connectivity index (χ1v) is 9.27. The lowest BCUT2D eigenvalue weighted by atomic mass is 9.93. The van der Waals surface area contributed by atoms with E-state index in [1.54, 1.807) is 29.0 Å². The van der Waals surface area contributed by atoms with Crippen molar-refractivity contribution in [1.82, 2.24) is 9.80 Å². The maximum Gasteiger partial charge on any atom is 0.249 e. The van der Waals surface area contributed by atoms with Gasteiger partial charge in [-0.2, -0.15) is 0 Å². The fourth-order valence-electron chi connectivity index (χ4n) is 3.65. The molecule has 1 aromatic rings. The molecule has 1 amide bonds. The zero-order valence-corrected chi connectivity index (χ0v) is 15.9. The molecular weight excluding hydrogens is 349 g/mol. The van der Waals surface area contributed by atoms with E-state index < -0.39 is 12.3 Å². The van der Waals surface area contributed by atoms with E-state index in [2.05, 4.69) is 4.99 Å². The van der Waals surface area contributed by atoms with Crippen LogP contribution in [0.1, 0.15) is 37.3 Å². The number of carbonyl (C=O) groups is 1. The van der Waals surface area contributed by atoms with Gasteiger partial charge in [-0.25, -0.2) is 9.38 Å². The highest BCUT2D eigenvalue weighted by molar-refractivity contribution is 5.93. The van der Waals surface area contributed by atoms with Crippen molar-refractivity contribution in [3.05, 3.63) is 47.0 Å². The Morgan fingerprint density at radius 3 is 2.81 bits per heavy atom. The number of halogens is 1. The smallest absolute Gasteiger partial charge is 0.249 e. The number of aliphatic hydroxyl groups is 2. The van der Waals surface area contributed by atoms with Gasteiger partial charge in [-0.15, -0.1) is 0 Å². The van der Waals surface area contributed by atoms with Gasteiger partial charge in [-0.3, -0.25) is 4.79 Å². The summed E-state index contributed by atoms with van der Waals surface area (Å²) >= 11 is 0. The van der Waals surface area contributed by atoms with Crippen molar-refractivity contribution >= 4 is 11.7 Å². The Hall–Kier alpha value is -2.41.